The van der Waals surface area contributed by atoms with Crippen LogP contribution in [0.1, 0.15) is 32.1 Å². The van der Waals surface area contributed by atoms with Crippen LogP contribution in [0.5, 0.6) is 0 Å². The summed E-state index contributed by atoms with van der Waals surface area (Å²) in [6.07, 6.45) is 3.52. The van der Waals surface area contributed by atoms with Crippen LogP contribution in [-0.4, -0.2) is 44.7 Å². The Morgan fingerprint density at radius 3 is 1.68 bits per heavy atom. The molecular formula is C22H20N4O2. The molecule has 140 valence electrons. The zero-order chi connectivity index (χ0) is 19.3. The zero-order valence-electron chi connectivity index (χ0n) is 15.4. The van der Waals surface area contributed by atoms with Crippen molar-refractivity contribution in [3.8, 4) is 0 Å². The number of hydrogen-bond acceptors (Lipinski definition) is 5. The lowest BCUT2D eigenvalue weighted by Gasteiger charge is -2.24. The molecule has 1 aromatic carbocycles. The Balaban J connectivity index is 1.48. The fourth-order valence-corrected chi connectivity index (χ4v) is 3.34. The maximum atomic E-state index is 12.6. The summed E-state index contributed by atoms with van der Waals surface area (Å²) in [5.74, 6) is -0.451. The van der Waals surface area contributed by atoms with E-state index in [0.29, 0.717) is 37.3 Å². The van der Waals surface area contributed by atoms with Crippen molar-refractivity contribution < 1.29 is 9.59 Å². The SMILES string of the molecule is O=C1c2ccccc2C(=O)N1CCN(Cc1ccccn1)Cc1ccccn1. The lowest BCUT2D eigenvalue weighted by molar-refractivity contribution is 0.0632. The van der Waals surface area contributed by atoms with E-state index in [1.165, 1.54) is 4.90 Å². The molecule has 0 atom stereocenters. The number of imide groups is 1. The Kier molecular flexibility index (Phi) is 5.21. The van der Waals surface area contributed by atoms with Gasteiger partial charge in [0.25, 0.3) is 11.8 Å². The van der Waals surface area contributed by atoms with Crippen LogP contribution in [0.4, 0.5) is 0 Å². The summed E-state index contributed by atoms with van der Waals surface area (Å²) in [5.41, 5.74) is 2.82. The van der Waals surface area contributed by atoms with Crippen LogP contribution in [0.2, 0.25) is 0 Å². The highest BCUT2D eigenvalue weighted by Gasteiger charge is 2.34. The fraction of sp³-hybridized carbons (Fsp3) is 0.182. The number of benzene rings is 1. The van der Waals surface area contributed by atoms with Crippen molar-refractivity contribution in [2.24, 2.45) is 0 Å². The van der Waals surface area contributed by atoms with Gasteiger partial charge in [-0.3, -0.25) is 29.4 Å². The molecule has 1 aliphatic rings. The van der Waals surface area contributed by atoms with Gasteiger partial charge in [-0.2, -0.15) is 0 Å². The monoisotopic (exact) mass is 372 g/mol. The minimum Gasteiger partial charge on any atom is -0.290 e. The third-order valence-electron chi connectivity index (χ3n) is 4.74. The van der Waals surface area contributed by atoms with Gasteiger partial charge in [0.05, 0.1) is 22.5 Å². The average molecular weight is 372 g/mol. The summed E-state index contributed by atoms with van der Waals surface area (Å²) in [5, 5.41) is 0. The molecule has 3 heterocycles. The van der Waals surface area contributed by atoms with Gasteiger partial charge in [0.1, 0.15) is 0 Å². The number of hydrogen-bond donors (Lipinski definition) is 0. The number of fused-ring (bicyclic) bond motifs is 1. The van der Waals surface area contributed by atoms with Crippen LogP contribution < -0.4 is 0 Å². The first-order valence-electron chi connectivity index (χ1n) is 9.20. The van der Waals surface area contributed by atoms with Crippen molar-refractivity contribution in [1.82, 2.24) is 19.8 Å². The lowest BCUT2D eigenvalue weighted by Crippen LogP contribution is -2.38. The normalized spacial score (nSPS) is 13.2. The second-order valence-corrected chi connectivity index (χ2v) is 6.66. The Morgan fingerprint density at radius 1 is 0.714 bits per heavy atom. The van der Waals surface area contributed by atoms with Crippen LogP contribution >= 0.6 is 0 Å². The minimum absolute atomic E-state index is 0.226. The predicted molar refractivity (Wildman–Crippen MR) is 104 cm³/mol. The quantitative estimate of drug-likeness (QED) is 0.597. The molecule has 2 aromatic heterocycles. The molecule has 1 aliphatic heterocycles. The molecule has 0 spiro atoms. The maximum absolute atomic E-state index is 12.6. The highest BCUT2D eigenvalue weighted by atomic mass is 16.2. The molecule has 0 radical (unpaired) electrons. The van der Waals surface area contributed by atoms with Gasteiger partial charge in [0.2, 0.25) is 0 Å². The summed E-state index contributed by atoms with van der Waals surface area (Å²) >= 11 is 0. The number of amides is 2. The average Bonchev–Trinajstić information content (AvgIpc) is 2.98. The van der Waals surface area contributed by atoms with Gasteiger partial charge in [0.15, 0.2) is 0 Å². The van der Waals surface area contributed by atoms with E-state index in [9.17, 15) is 9.59 Å². The first-order valence-corrected chi connectivity index (χ1v) is 9.20. The fourth-order valence-electron chi connectivity index (χ4n) is 3.34. The van der Waals surface area contributed by atoms with E-state index < -0.39 is 0 Å². The second kappa shape index (κ2) is 8.10. The first-order chi connectivity index (χ1) is 13.7. The molecule has 2 amide bonds. The first kappa shape index (κ1) is 18.0. The van der Waals surface area contributed by atoms with E-state index in [2.05, 4.69) is 14.9 Å². The molecule has 28 heavy (non-hydrogen) atoms. The standard InChI is InChI=1S/C22H20N4O2/c27-21-19-9-1-2-10-20(19)22(28)26(21)14-13-25(15-17-7-3-5-11-23-17)16-18-8-4-6-12-24-18/h1-12H,13-16H2. The summed E-state index contributed by atoms with van der Waals surface area (Å²) in [6.45, 7) is 2.09. The number of rotatable bonds is 7. The van der Waals surface area contributed by atoms with Gasteiger partial charge in [-0.05, 0) is 36.4 Å². The molecule has 0 fully saturated rings. The van der Waals surface area contributed by atoms with Crippen LogP contribution in [0.15, 0.2) is 73.1 Å². The third kappa shape index (κ3) is 3.82. The smallest absolute Gasteiger partial charge is 0.261 e. The Morgan fingerprint density at radius 2 is 1.21 bits per heavy atom. The largest absolute Gasteiger partial charge is 0.290 e. The predicted octanol–water partition coefficient (Wildman–Crippen LogP) is 2.78. The maximum Gasteiger partial charge on any atom is 0.261 e. The number of carbonyl (C=O) groups is 2. The summed E-state index contributed by atoms with van der Waals surface area (Å²) in [7, 11) is 0. The van der Waals surface area contributed by atoms with Gasteiger partial charge in [-0.15, -0.1) is 0 Å². The molecule has 0 saturated heterocycles. The van der Waals surface area contributed by atoms with Crippen molar-refractivity contribution in [2.45, 2.75) is 13.1 Å². The zero-order valence-corrected chi connectivity index (χ0v) is 15.4. The van der Waals surface area contributed by atoms with Gasteiger partial charge in [-0.1, -0.05) is 24.3 Å². The summed E-state index contributed by atoms with van der Waals surface area (Å²) in [6, 6.07) is 18.6. The van der Waals surface area contributed by atoms with Crippen LogP contribution in [0.3, 0.4) is 0 Å². The molecule has 3 aromatic rings. The highest BCUT2D eigenvalue weighted by Crippen LogP contribution is 2.22. The van der Waals surface area contributed by atoms with Gasteiger partial charge in [-0.25, -0.2) is 0 Å². The van der Waals surface area contributed by atoms with Crippen molar-refractivity contribution in [3.63, 3.8) is 0 Å². The molecule has 0 saturated carbocycles. The molecule has 6 heteroatoms. The van der Waals surface area contributed by atoms with E-state index in [1.807, 2.05) is 36.4 Å². The molecule has 0 bridgehead atoms. The topological polar surface area (TPSA) is 66.4 Å². The van der Waals surface area contributed by atoms with Crippen LogP contribution in [0.25, 0.3) is 0 Å². The third-order valence-corrected chi connectivity index (χ3v) is 4.74. The van der Waals surface area contributed by atoms with Gasteiger partial charge >= 0.3 is 0 Å². The molecular weight excluding hydrogens is 352 g/mol. The highest BCUT2D eigenvalue weighted by molar-refractivity contribution is 6.21. The molecule has 4 rings (SSSR count). The van der Waals surface area contributed by atoms with Crippen molar-refractivity contribution in [2.75, 3.05) is 13.1 Å². The van der Waals surface area contributed by atoms with E-state index in [-0.39, 0.29) is 11.8 Å². The Labute approximate surface area is 163 Å². The number of nitrogens with zero attached hydrogens (tertiary/aromatic N) is 4. The van der Waals surface area contributed by atoms with E-state index in [1.54, 1.807) is 36.7 Å². The van der Waals surface area contributed by atoms with E-state index in [0.717, 1.165) is 11.4 Å². The Bertz CT molecular complexity index is 900. The van der Waals surface area contributed by atoms with E-state index >= 15 is 0 Å². The van der Waals surface area contributed by atoms with E-state index in [4.69, 9.17) is 0 Å². The second-order valence-electron chi connectivity index (χ2n) is 6.66. The lowest BCUT2D eigenvalue weighted by atomic mass is 10.1. The molecule has 0 aliphatic carbocycles. The minimum atomic E-state index is -0.226. The Hall–Kier alpha value is -3.38. The number of pyridine rings is 2. The van der Waals surface area contributed by atoms with Gasteiger partial charge < -0.3 is 0 Å². The number of aromatic nitrogens is 2. The van der Waals surface area contributed by atoms with Crippen LogP contribution in [-0.2, 0) is 13.1 Å². The molecule has 0 unspecified atom stereocenters. The van der Waals surface area contributed by atoms with Gasteiger partial charge in [0, 0.05) is 38.6 Å². The summed E-state index contributed by atoms with van der Waals surface area (Å²) in [4.78, 5) is 37.5. The van der Waals surface area contributed by atoms with Crippen molar-refractivity contribution in [3.05, 3.63) is 95.6 Å². The van der Waals surface area contributed by atoms with Crippen LogP contribution in [0, 0.1) is 0 Å². The van der Waals surface area contributed by atoms with Crippen molar-refractivity contribution >= 4 is 11.8 Å². The number of carbonyl (C=O) groups excluding carboxylic acids is 2. The summed E-state index contributed by atoms with van der Waals surface area (Å²) < 4.78 is 0. The molecule has 6 nitrogen and oxygen atoms in total. The van der Waals surface area contributed by atoms with Crippen molar-refractivity contribution in [1.29, 1.82) is 0 Å². The molecule has 0 N–H and O–H groups in total.